The monoisotopic (exact) mass is 270 g/mol. The van der Waals surface area contributed by atoms with Gasteiger partial charge in [-0.25, -0.2) is 0 Å². The molecule has 3 nitrogen and oxygen atoms in total. The number of nitrogens with one attached hydrogen (secondary N) is 1. The van der Waals surface area contributed by atoms with Gasteiger partial charge in [-0.1, -0.05) is 24.3 Å². The van der Waals surface area contributed by atoms with Crippen LogP contribution in [0.1, 0.15) is 44.1 Å². The van der Waals surface area contributed by atoms with Crippen molar-refractivity contribution in [1.82, 2.24) is 10.3 Å². The third kappa shape index (κ3) is 3.58. The molecule has 0 aliphatic rings. The third-order valence-electron chi connectivity index (χ3n) is 3.32. The Hall–Kier alpha value is -1.87. The van der Waals surface area contributed by atoms with Crippen LogP contribution in [-0.4, -0.2) is 11.6 Å². The lowest BCUT2D eigenvalue weighted by Crippen LogP contribution is -2.23. The Kier molecular flexibility index (Phi) is 5.13. The van der Waals surface area contributed by atoms with E-state index in [4.69, 9.17) is 4.74 Å². The summed E-state index contributed by atoms with van der Waals surface area (Å²) in [6, 6.07) is 14.6. The SMILES string of the molecule is CCOc1ccccc1C(C)N[C@@H](C)c1ccccn1. The van der Waals surface area contributed by atoms with Crippen molar-refractivity contribution in [3.63, 3.8) is 0 Å². The molecule has 3 heteroatoms. The van der Waals surface area contributed by atoms with Crippen LogP contribution in [0.5, 0.6) is 5.75 Å². The molecule has 20 heavy (non-hydrogen) atoms. The number of benzene rings is 1. The highest BCUT2D eigenvalue weighted by atomic mass is 16.5. The van der Waals surface area contributed by atoms with E-state index in [1.165, 1.54) is 5.56 Å². The fourth-order valence-corrected chi connectivity index (χ4v) is 2.31. The molecule has 1 unspecified atom stereocenters. The second-order valence-corrected chi connectivity index (χ2v) is 4.84. The van der Waals surface area contributed by atoms with Crippen molar-refractivity contribution in [2.75, 3.05) is 6.61 Å². The highest BCUT2D eigenvalue weighted by Gasteiger charge is 2.15. The van der Waals surface area contributed by atoms with Crippen LogP contribution in [0.4, 0.5) is 0 Å². The predicted molar refractivity (Wildman–Crippen MR) is 81.8 cm³/mol. The summed E-state index contributed by atoms with van der Waals surface area (Å²) in [5, 5.41) is 3.57. The van der Waals surface area contributed by atoms with Gasteiger partial charge in [0.15, 0.2) is 0 Å². The zero-order chi connectivity index (χ0) is 14.4. The van der Waals surface area contributed by atoms with E-state index in [0.717, 1.165) is 11.4 Å². The topological polar surface area (TPSA) is 34.1 Å². The van der Waals surface area contributed by atoms with E-state index in [0.29, 0.717) is 6.61 Å². The molecular weight excluding hydrogens is 248 g/mol. The van der Waals surface area contributed by atoms with Gasteiger partial charge in [0.1, 0.15) is 5.75 Å². The first kappa shape index (κ1) is 14.5. The first-order valence-electron chi connectivity index (χ1n) is 7.11. The molecule has 2 rings (SSSR count). The van der Waals surface area contributed by atoms with Gasteiger partial charge in [0.25, 0.3) is 0 Å². The summed E-state index contributed by atoms with van der Waals surface area (Å²) < 4.78 is 5.69. The maximum atomic E-state index is 5.69. The van der Waals surface area contributed by atoms with E-state index in [1.54, 1.807) is 0 Å². The Balaban J connectivity index is 2.10. The van der Waals surface area contributed by atoms with Crippen LogP contribution in [0.25, 0.3) is 0 Å². The number of hydrogen-bond acceptors (Lipinski definition) is 3. The maximum Gasteiger partial charge on any atom is 0.124 e. The van der Waals surface area contributed by atoms with Crippen molar-refractivity contribution in [1.29, 1.82) is 0 Å². The fourth-order valence-electron chi connectivity index (χ4n) is 2.31. The minimum absolute atomic E-state index is 0.195. The van der Waals surface area contributed by atoms with Gasteiger partial charge in [0, 0.05) is 23.8 Å². The second-order valence-electron chi connectivity index (χ2n) is 4.84. The van der Waals surface area contributed by atoms with E-state index >= 15 is 0 Å². The first-order chi connectivity index (χ1) is 9.72. The van der Waals surface area contributed by atoms with Crippen LogP contribution >= 0.6 is 0 Å². The number of nitrogens with zero attached hydrogens (tertiary/aromatic N) is 1. The predicted octanol–water partition coefficient (Wildman–Crippen LogP) is 3.89. The molecule has 0 spiro atoms. The maximum absolute atomic E-state index is 5.69. The minimum atomic E-state index is 0.195. The largest absolute Gasteiger partial charge is 0.494 e. The summed E-state index contributed by atoms with van der Waals surface area (Å²) in [5.74, 6) is 0.947. The highest BCUT2D eigenvalue weighted by Crippen LogP contribution is 2.26. The van der Waals surface area contributed by atoms with Crippen molar-refractivity contribution >= 4 is 0 Å². The average Bonchev–Trinajstić information content (AvgIpc) is 2.49. The van der Waals surface area contributed by atoms with E-state index in [2.05, 4.69) is 30.2 Å². The molecule has 0 bridgehead atoms. The molecule has 0 saturated carbocycles. The van der Waals surface area contributed by atoms with Gasteiger partial charge >= 0.3 is 0 Å². The fraction of sp³-hybridized carbons (Fsp3) is 0.353. The van der Waals surface area contributed by atoms with Crippen LogP contribution in [0.3, 0.4) is 0 Å². The van der Waals surface area contributed by atoms with Crippen molar-refractivity contribution < 1.29 is 4.74 Å². The molecule has 106 valence electrons. The summed E-state index contributed by atoms with van der Waals surface area (Å²) >= 11 is 0. The van der Waals surface area contributed by atoms with Crippen LogP contribution in [-0.2, 0) is 0 Å². The van der Waals surface area contributed by atoms with Gasteiger partial charge in [-0.15, -0.1) is 0 Å². The first-order valence-corrected chi connectivity index (χ1v) is 7.11. The van der Waals surface area contributed by atoms with Crippen molar-refractivity contribution in [3.8, 4) is 5.75 Å². The van der Waals surface area contributed by atoms with Crippen LogP contribution in [0, 0.1) is 0 Å². The Bertz CT molecular complexity index is 528. The molecule has 0 amide bonds. The van der Waals surface area contributed by atoms with Crippen LogP contribution in [0.15, 0.2) is 48.7 Å². The van der Waals surface area contributed by atoms with Gasteiger partial charge in [-0.3, -0.25) is 4.98 Å². The Morgan fingerprint density at radius 1 is 1.05 bits per heavy atom. The van der Waals surface area contributed by atoms with Crippen molar-refractivity contribution in [3.05, 3.63) is 59.9 Å². The lowest BCUT2D eigenvalue weighted by Gasteiger charge is -2.22. The van der Waals surface area contributed by atoms with E-state index in [-0.39, 0.29) is 12.1 Å². The quantitative estimate of drug-likeness (QED) is 0.864. The van der Waals surface area contributed by atoms with Gasteiger partial charge in [-0.2, -0.15) is 0 Å². The molecule has 1 heterocycles. The summed E-state index contributed by atoms with van der Waals surface area (Å²) in [7, 11) is 0. The molecule has 0 aliphatic heterocycles. The molecule has 1 aromatic carbocycles. The second kappa shape index (κ2) is 7.06. The number of pyridine rings is 1. The number of para-hydroxylation sites is 1. The molecule has 2 atom stereocenters. The van der Waals surface area contributed by atoms with Crippen molar-refractivity contribution in [2.24, 2.45) is 0 Å². The van der Waals surface area contributed by atoms with Gasteiger partial charge in [-0.05, 0) is 39.0 Å². The van der Waals surface area contributed by atoms with Crippen LogP contribution < -0.4 is 10.1 Å². The lowest BCUT2D eigenvalue weighted by atomic mass is 10.1. The van der Waals surface area contributed by atoms with Gasteiger partial charge in [0.05, 0.1) is 12.3 Å². The molecule has 0 aliphatic carbocycles. The Morgan fingerprint density at radius 3 is 2.50 bits per heavy atom. The summed E-state index contributed by atoms with van der Waals surface area (Å²) in [5.41, 5.74) is 2.23. The van der Waals surface area contributed by atoms with E-state index < -0.39 is 0 Å². The van der Waals surface area contributed by atoms with Crippen molar-refractivity contribution in [2.45, 2.75) is 32.9 Å². The van der Waals surface area contributed by atoms with Crippen LogP contribution in [0.2, 0.25) is 0 Å². The van der Waals surface area contributed by atoms with Gasteiger partial charge in [0.2, 0.25) is 0 Å². The molecule has 1 aromatic heterocycles. The third-order valence-corrected chi connectivity index (χ3v) is 3.32. The van der Waals surface area contributed by atoms with E-state index in [1.807, 2.05) is 49.5 Å². The molecule has 0 fully saturated rings. The zero-order valence-corrected chi connectivity index (χ0v) is 12.3. The molecule has 2 aromatic rings. The number of aromatic nitrogens is 1. The number of rotatable bonds is 6. The standard InChI is InChI=1S/C17H22N2O/c1-4-20-17-11-6-5-9-15(17)13(2)19-14(3)16-10-7-8-12-18-16/h5-14,19H,4H2,1-3H3/t13?,14-/m0/s1. The van der Waals surface area contributed by atoms with E-state index in [9.17, 15) is 0 Å². The number of hydrogen-bond donors (Lipinski definition) is 1. The number of ether oxygens (including phenoxy) is 1. The average molecular weight is 270 g/mol. The summed E-state index contributed by atoms with van der Waals surface area (Å²) in [4.78, 5) is 4.39. The Labute approximate surface area is 121 Å². The normalized spacial score (nSPS) is 13.8. The zero-order valence-electron chi connectivity index (χ0n) is 12.3. The summed E-state index contributed by atoms with van der Waals surface area (Å²) in [6.07, 6.45) is 1.83. The van der Waals surface area contributed by atoms with Gasteiger partial charge < -0.3 is 10.1 Å². The molecule has 0 radical (unpaired) electrons. The molecule has 0 saturated heterocycles. The smallest absolute Gasteiger partial charge is 0.124 e. The Morgan fingerprint density at radius 2 is 1.80 bits per heavy atom. The minimum Gasteiger partial charge on any atom is -0.494 e. The molecular formula is C17H22N2O. The summed E-state index contributed by atoms with van der Waals surface area (Å²) in [6.45, 7) is 6.96. The lowest BCUT2D eigenvalue weighted by molar-refractivity contribution is 0.330. The highest BCUT2D eigenvalue weighted by molar-refractivity contribution is 5.35. The molecule has 1 N–H and O–H groups in total.